The summed E-state index contributed by atoms with van der Waals surface area (Å²) in [6, 6.07) is 7.81. The molecule has 0 saturated heterocycles. The Bertz CT molecular complexity index is 1220. The predicted octanol–water partition coefficient (Wildman–Crippen LogP) is 5.87. The number of rotatable bonds is 5. The Balaban J connectivity index is 1.64. The molecule has 0 fully saturated rings. The maximum Gasteiger partial charge on any atom is 0.254 e. The van der Waals surface area contributed by atoms with E-state index in [4.69, 9.17) is 0 Å². The highest BCUT2D eigenvalue weighted by Gasteiger charge is 2.30. The summed E-state index contributed by atoms with van der Waals surface area (Å²) < 4.78 is 30.3. The molecule has 0 radical (unpaired) electrons. The highest BCUT2D eigenvalue weighted by Crippen LogP contribution is 2.33. The number of amides is 1. The number of benzene rings is 1. The molecule has 1 N–H and O–H groups in total. The van der Waals surface area contributed by atoms with Crippen molar-refractivity contribution in [3.63, 3.8) is 0 Å². The first kappa shape index (κ1) is 22.8. The van der Waals surface area contributed by atoms with E-state index in [1.54, 1.807) is 54.5 Å². The number of carbonyl (C=O) groups is 1. The monoisotopic (exact) mass is 450 g/mol. The largest absolute Gasteiger partial charge is 0.363 e. The van der Waals surface area contributed by atoms with Crippen molar-refractivity contribution >= 4 is 11.7 Å². The van der Waals surface area contributed by atoms with Crippen molar-refractivity contribution in [3.8, 4) is 11.1 Å². The van der Waals surface area contributed by atoms with Crippen LogP contribution < -0.4 is 5.32 Å². The third kappa shape index (κ3) is 4.19. The molecule has 1 aliphatic heterocycles. The highest BCUT2D eigenvalue weighted by atomic mass is 19.2. The van der Waals surface area contributed by atoms with Crippen LogP contribution >= 0.6 is 0 Å². The maximum atomic E-state index is 15.2. The standard InChI is InChI=1S/C26H28F2N4O/c1-6-32-14-20-19(25(32)33)10-12-30-24(20)31-15(2)17-7-8-18(23(28)22(17)27)16-9-11-29-21(13-16)26(3,4)5/h7-13,15H,6,14H2,1-5H3,(H,30,31). The van der Waals surface area contributed by atoms with Crippen LogP contribution in [-0.2, 0) is 12.0 Å². The minimum absolute atomic E-state index is 0.0424. The molecule has 5 nitrogen and oxygen atoms in total. The number of carbonyl (C=O) groups excluding carboxylic acids is 1. The molecule has 0 aliphatic carbocycles. The lowest BCUT2D eigenvalue weighted by Gasteiger charge is -2.20. The van der Waals surface area contributed by atoms with Gasteiger partial charge in [0.25, 0.3) is 5.91 Å². The van der Waals surface area contributed by atoms with Gasteiger partial charge in [0.1, 0.15) is 5.82 Å². The molecule has 0 bridgehead atoms. The van der Waals surface area contributed by atoms with Crippen molar-refractivity contribution in [2.45, 2.75) is 52.6 Å². The molecule has 1 atom stereocenters. The summed E-state index contributed by atoms with van der Waals surface area (Å²) in [6.45, 7) is 10.8. The van der Waals surface area contributed by atoms with Crippen LogP contribution in [0.1, 0.15) is 67.8 Å². The molecule has 1 unspecified atom stereocenters. The van der Waals surface area contributed by atoms with Crippen LogP contribution in [0.2, 0.25) is 0 Å². The van der Waals surface area contributed by atoms with Crippen molar-refractivity contribution in [3.05, 3.63) is 76.7 Å². The average molecular weight is 451 g/mol. The summed E-state index contributed by atoms with van der Waals surface area (Å²) in [7, 11) is 0. The van der Waals surface area contributed by atoms with Gasteiger partial charge in [0.15, 0.2) is 11.6 Å². The maximum absolute atomic E-state index is 15.2. The van der Waals surface area contributed by atoms with E-state index in [9.17, 15) is 4.79 Å². The fraction of sp³-hybridized carbons (Fsp3) is 0.346. The van der Waals surface area contributed by atoms with Crippen molar-refractivity contribution < 1.29 is 13.6 Å². The molecule has 0 saturated carbocycles. The number of hydrogen-bond donors (Lipinski definition) is 1. The second kappa shape index (κ2) is 8.54. The molecular weight excluding hydrogens is 422 g/mol. The predicted molar refractivity (Wildman–Crippen MR) is 125 cm³/mol. The van der Waals surface area contributed by atoms with Crippen molar-refractivity contribution in [2.75, 3.05) is 11.9 Å². The van der Waals surface area contributed by atoms with Crippen LogP contribution in [0.4, 0.5) is 14.6 Å². The summed E-state index contributed by atoms with van der Waals surface area (Å²) in [5.41, 5.74) is 2.94. The third-order valence-corrected chi connectivity index (χ3v) is 6.08. The van der Waals surface area contributed by atoms with Gasteiger partial charge >= 0.3 is 0 Å². The molecular formula is C26H28F2N4O. The van der Waals surface area contributed by atoms with Gasteiger partial charge in [0.2, 0.25) is 0 Å². The quantitative estimate of drug-likeness (QED) is 0.528. The first-order valence-electron chi connectivity index (χ1n) is 11.1. The summed E-state index contributed by atoms with van der Waals surface area (Å²) in [4.78, 5) is 22.9. The number of pyridine rings is 2. The van der Waals surface area contributed by atoms with Gasteiger partial charge in [0, 0.05) is 52.3 Å². The summed E-state index contributed by atoms with van der Waals surface area (Å²) >= 11 is 0. The molecule has 3 aromatic rings. The van der Waals surface area contributed by atoms with Gasteiger partial charge in [-0.2, -0.15) is 0 Å². The number of anilines is 1. The lowest BCUT2D eigenvalue weighted by Crippen LogP contribution is -2.22. The SMILES string of the molecule is CCN1Cc2c(ccnc2NC(C)c2ccc(-c3ccnc(C(C)(C)C)c3)c(F)c2F)C1=O. The molecule has 1 amide bonds. The molecule has 1 aliphatic rings. The second-order valence-corrected chi connectivity index (χ2v) is 9.38. The van der Waals surface area contributed by atoms with E-state index in [0.29, 0.717) is 30.0 Å². The fourth-order valence-corrected chi connectivity index (χ4v) is 4.08. The van der Waals surface area contributed by atoms with E-state index in [1.807, 2.05) is 27.7 Å². The summed E-state index contributed by atoms with van der Waals surface area (Å²) in [5.74, 6) is -1.33. The van der Waals surface area contributed by atoms with Gasteiger partial charge < -0.3 is 10.2 Å². The van der Waals surface area contributed by atoms with Gasteiger partial charge in [-0.15, -0.1) is 0 Å². The molecule has 172 valence electrons. The number of nitrogens with one attached hydrogen (secondary N) is 1. The van der Waals surface area contributed by atoms with E-state index >= 15 is 8.78 Å². The number of nitrogens with zero attached hydrogens (tertiary/aromatic N) is 3. The van der Waals surface area contributed by atoms with Crippen molar-refractivity contribution in [2.24, 2.45) is 0 Å². The molecule has 0 spiro atoms. The smallest absolute Gasteiger partial charge is 0.254 e. The van der Waals surface area contributed by atoms with Crippen LogP contribution in [0.25, 0.3) is 11.1 Å². The normalized spacial score (nSPS) is 14.4. The van der Waals surface area contributed by atoms with Crippen LogP contribution in [0.5, 0.6) is 0 Å². The van der Waals surface area contributed by atoms with Crippen LogP contribution in [0, 0.1) is 11.6 Å². The highest BCUT2D eigenvalue weighted by molar-refractivity contribution is 5.99. The molecule has 4 rings (SSSR count). The van der Waals surface area contributed by atoms with Crippen LogP contribution in [0.3, 0.4) is 0 Å². The van der Waals surface area contributed by atoms with Crippen LogP contribution in [-0.4, -0.2) is 27.3 Å². The first-order valence-corrected chi connectivity index (χ1v) is 11.1. The Morgan fingerprint density at radius 1 is 1.06 bits per heavy atom. The third-order valence-electron chi connectivity index (χ3n) is 6.08. The number of fused-ring (bicyclic) bond motifs is 1. The zero-order chi connectivity index (χ0) is 23.9. The topological polar surface area (TPSA) is 58.1 Å². The molecule has 3 heterocycles. The Hall–Kier alpha value is -3.35. The lowest BCUT2D eigenvalue weighted by atomic mass is 9.89. The Morgan fingerprint density at radius 3 is 2.48 bits per heavy atom. The van der Waals surface area contributed by atoms with E-state index in [0.717, 1.165) is 11.3 Å². The van der Waals surface area contributed by atoms with Crippen molar-refractivity contribution in [1.29, 1.82) is 0 Å². The number of hydrogen-bond acceptors (Lipinski definition) is 4. The molecule has 1 aromatic carbocycles. The summed E-state index contributed by atoms with van der Waals surface area (Å²) in [5, 5.41) is 3.17. The van der Waals surface area contributed by atoms with Crippen molar-refractivity contribution in [1.82, 2.24) is 14.9 Å². The molecule has 2 aromatic heterocycles. The van der Waals surface area contributed by atoms with Gasteiger partial charge in [0.05, 0.1) is 12.6 Å². The number of aromatic nitrogens is 2. The van der Waals surface area contributed by atoms with Gasteiger partial charge in [-0.25, -0.2) is 13.8 Å². The Kier molecular flexibility index (Phi) is 5.91. The average Bonchev–Trinajstić information content (AvgIpc) is 3.12. The van der Waals surface area contributed by atoms with E-state index in [2.05, 4.69) is 15.3 Å². The minimum Gasteiger partial charge on any atom is -0.363 e. The summed E-state index contributed by atoms with van der Waals surface area (Å²) in [6.07, 6.45) is 3.18. The van der Waals surface area contributed by atoms with E-state index in [-0.39, 0.29) is 22.4 Å². The second-order valence-electron chi connectivity index (χ2n) is 9.38. The fourth-order valence-electron chi connectivity index (χ4n) is 4.08. The Labute approximate surface area is 192 Å². The van der Waals surface area contributed by atoms with Gasteiger partial charge in [-0.05, 0) is 37.6 Å². The minimum atomic E-state index is -0.902. The van der Waals surface area contributed by atoms with Gasteiger partial charge in [-0.3, -0.25) is 9.78 Å². The van der Waals surface area contributed by atoms with E-state index < -0.39 is 17.7 Å². The zero-order valence-corrected chi connectivity index (χ0v) is 19.5. The van der Waals surface area contributed by atoms with Crippen LogP contribution in [0.15, 0.2) is 42.7 Å². The van der Waals surface area contributed by atoms with E-state index in [1.165, 1.54) is 0 Å². The van der Waals surface area contributed by atoms with Gasteiger partial charge in [-0.1, -0.05) is 32.9 Å². The molecule has 33 heavy (non-hydrogen) atoms. The Morgan fingerprint density at radius 2 is 1.79 bits per heavy atom. The number of halogens is 2. The molecule has 7 heteroatoms. The zero-order valence-electron chi connectivity index (χ0n) is 19.5. The first-order chi connectivity index (χ1) is 15.6. The lowest BCUT2D eigenvalue weighted by molar-refractivity contribution is 0.0787.